The molecule has 0 aliphatic carbocycles. The van der Waals surface area contributed by atoms with E-state index in [4.69, 9.17) is 0 Å². The van der Waals surface area contributed by atoms with Gasteiger partial charge in [-0.1, -0.05) is 27.2 Å². The summed E-state index contributed by atoms with van der Waals surface area (Å²) in [5.41, 5.74) is 0. The van der Waals surface area contributed by atoms with Crippen LogP contribution in [0.25, 0.3) is 0 Å². The number of rotatable bonds is 5. The molecule has 0 nitrogen and oxygen atoms in total. The van der Waals surface area contributed by atoms with Crippen molar-refractivity contribution in [3.63, 3.8) is 0 Å². The van der Waals surface area contributed by atoms with Gasteiger partial charge < -0.3 is 0 Å². The van der Waals surface area contributed by atoms with Crippen molar-refractivity contribution < 1.29 is 4.39 Å². The SMILES string of the molecule is CCC(C)CC(C)CC(F)I. The Morgan fingerprint density at radius 1 is 1.18 bits per heavy atom. The highest BCUT2D eigenvalue weighted by Gasteiger charge is 2.11. The maximum absolute atomic E-state index is 12.5. The van der Waals surface area contributed by atoms with Gasteiger partial charge in [0.15, 0.2) is 4.18 Å². The number of alkyl halides is 2. The summed E-state index contributed by atoms with van der Waals surface area (Å²) in [6, 6.07) is 0. The monoisotopic (exact) mass is 272 g/mol. The minimum absolute atomic E-state index is 0.539. The standard InChI is InChI=1S/C9H18FI/c1-4-7(2)5-8(3)6-9(10)11/h7-9H,4-6H2,1-3H3. The van der Waals surface area contributed by atoms with Crippen LogP contribution in [0.3, 0.4) is 0 Å². The third kappa shape index (κ3) is 7.04. The molecular formula is C9H18FI. The van der Waals surface area contributed by atoms with Crippen molar-refractivity contribution in [1.29, 1.82) is 0 Å². The lowest BCUT2D eigenvalue weighted by atomic mass is 9.94. The molecule has 0 radical (unpaired) electrons. The summed E-state index contributed by atoms with van der Waals surface area (Å²) < 4.78 is 11.8. The predicted octanol–water partition coefficient (Wildman–Crippen LogP) is 4.18. The Hall–Kier alpha value is 0.660. The molecule has 0 heterocycles. The minimum Gasteiger partial charge on any atom is -0.236 e. The zero-order valence-electron chi connectivity index (χ0n) is 7.61. The third-order valence-electron chi connectivity index (χ3n) is 2.08. The van der Waals surface area contributed by atoms with Crippen LogP contribution in [0.4, 0.5) is 4.39 Å². The highest BCUT2D eigenvalue weighted by Crippen LogP contribution is 2.22. The number of hydrogen-bond donors (Lipinski definition) is 0. The van der Waals surface area contributed by atoms with Gasteiger partial charge in [-0.25, -0.2) is 4.39 Å². The van der Waals surface area contributed by atoms with Gasteiger partial charge in [-0.2, -0.15) is 0 Å². The van der Waals surface area contributed by atoms with Crippen molar-refractivity contribution in [1.82, 2.24) is 0 Å². The van der Waals surface area contributed by atoms with E-state index in [0.717, 1.165) is 5.92 Å². The van der Waals surface area contributed by atoms with Gasteiger partial charge in [0.1, 0.15) is 0 Å². The summed E-state index contributed by atoms with van der Waals surface area (Å²) in [4.78, 5) is 0. The summed E-state index contributed by atoms with van der Waals surface area (Å²) >= 11 is 1.85. The van der Waals surface area contributed by atoms with Crippen LogP contribution in [0.2, 0.25) is 0 Å². The molecule has 3 atom stereocenters. The fourth-order valence-corrected chi connectivity index (χ4v) is 2.12. The Morgan fingerprint density at radius 3 is 2.09 bits per heavy atom. The van der Waals surface area contributed by atoms with Gasteiger partial charge >= 0.3 is 0 Å². The average Bonchev–Trinajstić information content (AvgIpc) is 1.85. The third-order valence-corrected chi connectivity index (χ3v) is 2.59. The van der Waals surface area contributed by atoms with Gasteiger partial charge in [0.2, 0.25) is 0 Å². The highest BCUT2D eigenvalue weighted by molar-refractivity contribution is 14.1. The first-order valence-electron chi connectivity index (χ1n) is 4.34. The molecule has 11 heavy (non-hydrogen) atoms. The summed E-state index contributed by atoms with van der Waals surface area (Å²) in [5, 5.41) is 0. The Kier molecular flexibility index (Phi) is 6.58. The van der Waals surface area contributed by atoms with E-state index in [1.54, 1.807) is 0 Å². The molecule has 0 aromatic rings. The van der Waals surface area contributed by atoms with Crippen molar-refractivity contribution in [3.8, 4) is 0 Å². The zero-order chi connectivity index (χ0) is 8.85. The maximum Gasteiger partial charge on any atom is 0.151 e. The van der Waals surface area contributed by atoms with Crippen molar-refractivity contribution >= 4 is 22.6 Å². The second kappa shape index (κ2) is 6.21. The van der Waals surface area contributed by atoms with Crippen LogP contribution in [0, 0.1) is 11.8 Å². The van der Waals surface area contributed by atoms with E-state index >= 15 is 0 Å². The van der Waals surface area contributed by atoms with Crippen molar-refractivity contribution in [2.75, 3.05) is 0 Å². The van der Waals surface area contributed by atoms with E-state index in [2.05, 4.69) is 20.8 Å². The number of hydrogen-bond acceptors (Lipinski definition) is 0. The van der Waals surface area contributed by atoms with Crippen LogP contribution in [-0.2, 0) is 0 Å². The summed E-state index contributed by atoms with van der Waals surface area (Å²) in [5.74, 6) is 1.29. The highest BCUT2D eigenvalue weighted by atomic mass is 127. The van der Waals surface area contributed by atoms with Gasteiger partial charge in [0, 0.05) is 0 Å². The molecule has 3 unspecified atom stereocenters. The Bertz CT molecular complexity index is 93.6. The van der Waals surface area contributed by atoms with Gasteiger partial charge in [0.05, 0.1) is 0 Å². The maximum atomic E-state index is 12.5. The summed E-state index contributed by atoms with van der Waals surface area (Å²) in [6.07, 6.45) is 3.09. The molecule has 68 valence electrons. The van der Waals surface area contributed by atoms with Crippen LogP contribution in [0.1, 0.15) is 40.0 Å². The second-order valence-electron chi connectivity index (χ2n) is 3.48. The molecule has 2 heteroatoms. The van der Waals surface area contributed by atoms with Gasteiger partial charge in [-0.3, -0.25) is 0 Å². The summed E-state index contributed by atoms with van der Waals surface area (Å²) in [6.45, 7) is 6.56. The lowest BCUT2D eigenvalue weighted by Crippen LogP contribution is -2.05. The zero-order valence-corrected chi connectivity index (χ0v) is 9.77. The fourth-order valence-electron chi connectivity index (χ4n) is 1.25. The second-order valence-corrected chi connectivity index (χ2v) is 4.83. The largest absolute Gasteiger partial charge is 0.236 e. The molecular weight excluding hydrogens is 254 g/mol. The molecule has 0 aliphatic heterocycles. The molecule has 0 rings (SSSR count). The summed E-state index contributed by atoms with van der Waals surface area (Å²) in [7, 11) is 0. The van der Waals surface area contributed by atoms with Gasteiger partial charge in [-0.05, 0) is 47.3 Å². The minimum atomic E-state index is -0.661. The van der Waals surface area contributed by atoms with E-state index < -0.39 is 4.18 Å². The predicted molar refractivity (Wildman–Crippen MR) is 56.8 cm³/mol. The quantitative estimate of drug-likeness (QED) is 0.520. The first-order valence-corrected chi connectivity index (χ1v) is 5.59. The molecule has 0 aliphatic rings. The van der Waals surface area contributed by atoms with Crippen molar-refractivity contribution in [3.05, 3.63) is 0 Å². The molecule has 0 amide bonds. The molecule has 0 spiro atoms. The lowest BCUT2D eigenvalue weighted by molar-refractivity contribution is 0.332. The molecule has 0 saturated heterocycles. The first kappa shape index (κ1) is 11.7. The normalized spacial score (nSPS) is 19.4. The van der Waals surface area contributed by atoms with Crippen LogP contribution in [0.5, 0.6) is 0 Å². The lowest BCUT2D eigenvalue weighted by Gasteiger charge is -2.15. The van der Waals surface area contributed by atoms with Crippen LogP contribution < -0.4 is 0 Å². The van der Waals surface area contributed by atoms with Gasteiger partial charge in [0.25, 0.3) is 0 Å². The van der Waals surface area contributed by atoms with E-state index in [0.29, 0.717) is 12.3 Å². The average molecular weight is 272 g/mol. The first-order chi connectivity index (χ1) is 5.06. The Balaban J connectivity index is 3.43. The molecule has 0 fully saturated rings. The van der Waals surface area contributed by atoms with E-state index in [1.807, 2.05) is 22.6 Å². The molecule has 0 aromatic carbocycles. The van der Waals surface area contributed by atoms with Gasteiger partial charge in [-0.15, -0.1) is 0 Å². The molecule has 0 saturated carbocycles. The van der Waals surface area contributed by atoms with Crippen LogP contribution >= 0.6 is 22.6 Å². The number of halogens is 2. The van der Waals surface area contributed by atoms with Crippen molar-refractivity contribution in [2.45, 2.75) is 44.2 Å². The molecule has 0 N–H and O–H groups in total. The van der Waals surface area contributed by atoms with Crippen LogP contribution in [0.15, 0.2) is 0 Å². The smallest absolute Gasteiger partial charge is 0.151 e. The van der Waals surface area contributed by atoms with Crippen LogP contribution in [-0.4, -0.2) is 4.18 Å². The fraction of sp³-hybridized carbons (Fsp3) is 1.00. The van der Waals surface area contributed by atoms with Crippen molar-refractivity contribution in [2.24, 2.45) is 11.8 Å². The Labute approximate surface area is 83.1 Å². The van der Waals surface area contributed by atoms with E-state index in [1.165, 1.54) is 12.8 Å². The Morgan fingerprint density at radius 2 is 1.73 bits per heavy atom. The van der Waals surface area contributed by atoms with E-state index in [-0.39, 0.29) is 0 Å². The topological polar surface area (TPSA) is 0 Å². The van der Waals surface area contributed by atoms with E-state index in [9.17, 15) is 4.39 Å². The molecule has 0 bridgehead atoms. The molecule has 0 aromatic heterocycles.